The number of aliphatic hydroxyl groups excluding tert-OH is 1. The maximum atomic E-state index is 13.7. The van der Waals surface area contributed by atoms with Crippen LogP contribution in [0.3, 0.4) is 0 Å². The van der Waals surface area contributed by atoms with E-state index >= 15 is 0 Å². The molecule has 0 atom stereocenters. The lowest BCUT2D eigenvalue weighted by Gasteiger charge is -2.13. The second-order valence-electron chi connectivity index (χ2n) is 7.37. The average Bonchev–Trinajstić information content (AvgIpc) is 3.14. The fourth-order valence-corrected chi connectivity index (χ4v) is 3.30. The van der Waals surface area contributed by atoms with Gasteiger partial charge in [0.2, 0.25) is 0 Å². The Hall–Kier alpha value is -3.29. The third-order valence-electron chi connectivity index (χ3n) is 4.89. The molecule has 0 aliphatic heterocycles. The van der Waals surface area contributed by atoms with Crippen LogP contribution < -0.4 is 5.32 Å². The second kappa shape index (κ2) is 7.98. The van der Waals surface area contributed by atoms with Crippen molar-refractivity contribution in [3.8, 4) is 11.4 Å². The van der Waals surface area contributed by atoms with Crippen molar-refractivity contribution < 1.29 is 9.50 Å². The van der Waals surface area contributed by atoms with Gasteiger partial charge in [0.25, 0.3) is 0 Å². The molecule has 7 nitrogen and oxygen atoms in total. The van der Waals surface area contributed by atoms with Crippen LogP contribution >= 0.6 is 0 Å². The maximum Gasteiger partial charge on any atom is 0.166 e. The van der Waals surface area contributed by atoms with Gasteiger partial charge in [0.15, 0.2) is 17.3 Å². The van der Waals surface area contributed by atoms with Gasteiger partial charge in [-0.2, -0.15) is 0 Å². The predicted octanol–water partition coefficient (Wildman–Crippen LogP) is 4.57. The Kier molecular flexibility index (Phi) is 5.24. The standard InChI is InChI=1S/C21H23FN6O/c1-13(2)28-12-25-18-20(24-8-7-14-3-5-17(29)6-4-14)26-19(27-21(18)28)15-9-16(22)11-23-10-15/h3,5,9-13,29H,4,6-8H2,1-2H3,(H,24,26,27). The number of aliphatic hydroxyl groups is 1. The summed E-state index contributed by atoms with van der Waals surface area (Å²) in [4.78, 5) is 17.6. The summed E-state index contributed by atoms with van der Waals surface area (Å²) in [5, 5.41) is 12.9. The minimum atomic E-state index is -0.432. The van der Waals surface area contributed by atoms with Gasteiger partial charge in [0.05, 0.1) is 18.3 Å². The van der Waals surface area contributed by atoms with Crippen LogP contribution in [0.25, 0.3) is 22.6 Å². The minimum Gasteiger partial charge on any atom is -0.512 e. The highest BCUT2D eigenvalue weighted by molar-refractivity contribution is 5.85. The van der Waals surface area contributed by atoms with Crippen molar-refractivity contribution in [2.45, 2.75) is 39.2 Å². The molecule has 3 aromatic rings. The zero-order valence-electron chi connectivity index (χ0n) is 16.4. The first kappa shape index (κ1) is 19.0. The van der Waals surface area contributed by atoms with Gasteiger partial charge in [-0.1, -0.05) is 11.6 Å². The Morgan fingerprint density at radius 2 is 2.07 bits per heavy atom. The van der Waals surface area contributed by atoms with Crippen molar-refractivity contribution in [1.82, 2.24) is 24.5 Å². The Balaban J connectivity index is 1.66. The van der Waals surface area contributed by atoms with Gasteiger partial charge in [0, 0.05) is 30.8 Å². The smallest absolute Gasteiger partial charge is 0.166 e. The van der Waals surface area contributed by atoms with E-state index in [0.29, 0.717) is 47.1 Å². The predicted molar refractivity (Wildman–Crippen MR) is 110 cm³/mol. The van der Waals surface area contributed by atoms with Crippen LogP contribution in [-0.4, -0.2) is 36.2 Å². The molecule has 0 spiro atoms. The third-order valence-corrected chi connectivity index (χ3v) is 4.89. The van der Waals surface area contributed by atoms with E-state index in [4.69, 9.17) is 0 Å². The number of allylic oxidation sites excluding steroid dienone is 3. The van der Waals surface area contributed by atoms with E-state index < -0.39 is 5.82 Å². The number of anilines is 1. The average molecular weight is 394 g/mol. The molecule has 0 radical (unpaired) electrons. The highest BCUT2D eigenvalue weighted by atomic mass is 19.1. The van der Waals surface area contributed by atoms with Crippen molar-refractivity contribution in [2.24, 2.45) is 0 Å². The molecule has 0 aromatic carbocycles. The Morgan fingerprint density at radius 1 is 1.21 bits per heavy atom. The lowest BCUT2D eigenvalue weighted by molar-refractivity contribution is 0.385. The molecule has 4 rings (SSSR count). The number of hydrogen-bond donors (Lipinski definition) is 2. The topological polar surface area (TPSA) is 88.8 Å². The first-order valence-corrected chi connectivity index (χ1v) is 9.68. The van der Waals surface area contributed by atoms with Crippen molar-refractivity contribution >= 4 is 17.0 Å². The maximum absolute atomic E-state index is 13.7. The van der Waals surface area contributed by atoms with Gasteiger partial charge < -0.3 is 15.0 Å². The van der Waals surface area contributed by atoms with E-state index in [1.54, 1.807) is 18.6 Å². The van der Waals surface area contributed by atoms with Crippen LogP contribution in [0.5, 0.6) is 0 Å². The second-order valence-corrected chi connectivity index (χ2v) is 7.37. The molecule has 3 heterocycles. The largest absolute Gasteiger partial charge is 0.512 e. The van der Waals surface area contributed by atoms with Gasteiger partial charge in [0.1, 0.15) is 11.3 Å². The van der Waals surface area contributed by atoms with Crippen molar-refractivity contribution in [2.75, 3.05) is 11.9 Å². The summed E-state index contributed by atoms with van der Waals surface area (Å²) < 4.78 is 15.6. The van der Waals surface area contributed by atoms with E-state index in [0.717, 1.165) is 19.0 Å². The molecule has 0 bridgehead atoms. The monoisotopic (exact) mass is 394 g/mol. The summed E-state index contributed by atoms with van der Waals surface area (Å²) in [6.07, 6.45) is 10.5. The molecule has 2 N–H and O–H groups in total. The lowest BCUT2D eigenvalue weighted by atomic mass is 10.0. The highest BCUT2D eigenvalue weighted by Gasteiger charge is 2.16. The van der Waals surface area contributed by atoms with Gasteiger partial charge in [-0.3, -0.25) is 4.98 Å². The van der Waals surface area contributed by atoms with Crippen molar-refractivity contribution in [1.29, 1.82) is 0 Å². The Morgan fingerprint density at radius 3 is 2.79 bits per heavy atom. The summed E-state index contributed by atoms with van der Waals surface area (Å²) in [7, 11) is 0. The van der Waals surface area contributed by atoms with Crippen LogP contribution in [0.2, 0.25) is 0 Å². The van der Waals surface area contributed by atoms with E-state index in [-0.39, 0.29) is 6.04 Å². The van der Waals surface area contributed by atoms with Gasteiger partial charge >= 0.3 is 0 Å². The van der Waals surface area contributed by atoms with Crippen LogP contribution in [0, 0.1) is 5.82 Å². The van der Waals surface area contributed by atoms with Crippen LogP contribution in [-0.2, 0) is 0 Å². The number of hydrogen-bond acceptors (Lipinski definition) is 6. The summed E-state index contributed by atoms with van der Waals surface area (Å²) >= 11 is 0. The van der Waals surface area contributed by atoms with Crippen molar-refractivity contribution in [3.63, 3.8) is 0 Å². The fraction of sp³-hybridized carbons (Fsp3) is 0.333. The normalized spacial score (nSPS) is 14.2. The first-order chi connectivity index (χ1) is 14.0. The van der Waals surface area contributed by atoms with Crippen LogP contribution in [0.1, 0.15) is 39.2 Å². The van der Waals surface area contributed by atoms with E-state index in [9.17, 15) is 9.50 Å². The molecule has 0 unspecified atom stereocenters. The zero-order chi connectivity index (χ0) is 20.4. The number of nitrogens with zero attached hydrogens (tertiary/aromatic N) is 5. The molecule has 150 valence electrons. The summed E-state index contributed by atoms with van der Waals surface area (Å²) in [6.45, 7) is 4.78. The molecule has 29 heavy (non-hydrogen) atoms. The molecule has 0 amide bonds. The third kappa shape index (κ3) is 4.11. The van der Waals surface area contributed by atoms with E-state index in [2.05, 4.69) is 39.1 Å². The summed E-state index contributed by atoms with van der Waals surface area (Å²) in [5.41, 5.74) is 3.16. The molecular weight excluding hydrogens is 371 g/mol. The molecular formula is C21H23FN6O. The number of aromatic nitrogens is 5. The number of nitrogens with one attached hydrogen (secondary N) is 1. The fourth-order valence-electron chi connectivity index (χ4n) is 3.30. The zero-order valence-corrected chi connectivity index (χ0v) is 16.4. The molecule has 0 fully saturated rings. The SMILES string of the molecule is CC(C)n1cnc2c(NCCC3=CC=C(O)CC3)nc(-c3cncc(F)c3)nc21. The molecule has 1 aliphatic rings. The number of pyridine rings is 1. The molecule has 0 saturated carbocycles. The molecule has 0 saturated heterocycles. The van der Waals surface area contributed by atoms with Gasteiger partial charge in [-0.05, 0) is 38.8 Å². The highest BCUT2D eigenvalue weighted by Crippen LogP contribution is 2.26. The summed E-state index contributed by atoms with van der Waals surface area (Å²) in [5.74, 6) is 1.01. The quantitative estimate of drug-likeness (QED) is 0.637. The molecule has 8 heteroatoms. The Bertz CT molecular complexity index is 1100. The number of imidazole rings is 1. The lowest BCUT2D eigenvalue weighted by Crippen LogP contribution is -2.08. The first-order valence-electron chi connectivity index (χ1n) is 9.68. The van der Waals surface area contributed by atoms with Crippen molar-refractivity contribution in [3.05, 3.63) is 54.1 Å². The minimum absolute atomic E-state index is 0.174. The Labute approximate surface area is 168 Å². The van der Waals surface area contributed by atoms with Gasteiger partial charge in [-0.15, -0.1) is 0 Å². The number of fused-ring (bicyclic) bond motifs is 1. The van der Waals surface area contributed by atoms with Crippen LogP contribution in [0.4, 0.5) is 10.2 Å². The van der Waals surface area contributed by atoms with Gasteiger partial charge in [-0.25, -0.2) is 19.3 Å². The van der Waals surface area contributed by atoms with E-state index in [1.165, 1.54) is 11.6 Å². The van der Waals surface area contributed by atoms with E-state index in [1.807, 2.05) is 10.6 Å². The number of rotatable bonds is 6. The molecule has 1 aliphatic carbocycles. The summed E-state index contributed by atoms with van der Waals surface area (Å²) in [6, 6.07) is 1.55. The number of halogens is 1. The molecule has 3 aromatic heterocycles. The van der Waals surface area contributed by atoms with Crippen LogP contribution in [0.15, 0.2) is 48.3 Å².